The Bertz CT molecular complexity index is 279. The van der Waals surface area contributed by atoms with E-state index in [1.165, 1.54) is 51.6 Å². The van der Waals surface area contributed by atoms with Gasteiger partial charge in [-0.25, -0.2) is 0 Å². The van der Waals surface area contributed by atoms with E-state index in [4.69, 9.17) is 0 Å². The van der Waals surface area contributed by atoms with Gasteiger partial charge >= 0.3 is 0 Å². The molecule has 118 valence electrons. The van der Waals surface area contributed by atoms with Crippen LogP contribution < -0.4 is 5.32 Å². The SMILES string of the molecule is CCNC1CCC(CC)CC1N1CCCC(N(C)C)C1. The average Bonchev–Trinajstić information content (AvgIpc) is 2.48. The summed E-state index contributed by atoms with van der Waals surface area (Å²) in [5, 5.41) is 3.77. The number of rotatable bonds is 5. The quantitative estimate of drug-likeness (QED) is 0.835. The number of nitrogens with zero attached hydrogens (tertiary/aromatic N) is 2. The summed E-state index contributed by atoms with van der Waals surface area (Å²) in [4.78, 5) is 5.23. The monoisotopic (exact) mass is 281 g/mol. The Balaban J connectivity index is 2.00. The molecule has 3 heteroatoms. The van der Waals surface area contributed by atoms with Crippen molar-refractivity contribution in [3.63, 3.8) is 0 Å². The standard InChI is InChI=1S/C17H35N3/c1-5-14-9-10-16(18-6-2)17(12-14)20-11-7-8-15(13-20)19(3)4/h14-18H,5-13H2,1-4H3. The summed E-state index contributed by atoms with van der Waals surface area (Å²) in [6.45, 7) is 8.32. The zero-order valence-corrected chi connectivity index (χ0v) is 14.1. The predicted molar refractivity (Wildman–Crippen MR) is 87.2 cm³/mol. The highest BCUT2D eigenvalue weighted by molar-refractivity contribution is 4.93. The van der Waals surface area contributed by atoms with Gasteiger partial charge in [0.2, 0.25) is 0 Å². The fourth-order valence-corrected chi connectivity index (χ4v) is 4.21. The zero-order valence-electron chi connectivity index (χ0n) is 14.1. The van der Waals surface area contributed by atoms with Crippen molar-refractivity contribution in [2.45, 2.75) is 70.5 Å². The lowest BCUT2D eigenvalue weighted by Crippen LogP contribution is -2.57. The second-order valence-electron chi connectivity index (χ2n) is 7.07. The van der Waals surface area contributed by atoms with Gasteiger partial charge in [0.1, 0.15) is 0 Å². The lowest BCUT2D eigenvalue weighted by atomic mass is 9.79. The van der Waals surface area contributed by atoms with Crippen LogP contribution in [0.3, 0.4) is 0 Å². The minimum atomic E-state index is 0.726. The van der Waals surface area contributed by atoms with Crippen LogP contribution in [0, 0.1) is 5.92 Å². The van der Waals surface area contributed by atoms with Crippen molar-refractivity contribution in [1.82, 2.24) is 15.1 Å². The van der Waals surface area contributed by atoms with E-state index < -0.39 is 0 Å². The van der Waals surface area contributed by atoms with E-state index in [1.807, 2.05) is 0 Å². The minimum Gasteiger partial charge on any atom is -0.313 e. The van der Waals surface area contributed by atoms with Gasteiger partial charge in [-0.2, -0.15) is 0 Å². The van der Waals surface area contributed by atoms with E-state index in [0.717, 1.165) is 30.6 Å². The van der Waals surface area contributed by atoms with Gasteiger partial charge in [-0.3, -0.25) is 4.90 Å². The first-order valence-electron chi connectivity index (χ1n) is 8.79. The Hall–Kier alpha value is -0.120. The second kappa shape index (κ2) is 7.77. The number of hydrogen-bond donors (Lipinski definition) is 1. The number of piperidine rings is 1. The summed E-state index contributed by atoms with van der Waals surface area (Å²) in [7, 11) is 4.48. The third-order valence-electron chi connectivity index (χ3n) is 5.60. The van der Waals surface area contributed by atoms with Crippen molar-refractivity contribution in [1.29, 1.82) is 0 Å². The summed E-state index contributed by atoms with van der Waals surface area (Å²) in [6.07, 6.45) is 8.32. The molecule has 1 heterocycles. The molecular formula is C17H35N3. The van der Waals surface area contributed by atoms with Crippen LogP contribution >= 0.6 is 0 Å². The number of hydrogen-bond acceptors (Lipinski definition) is 3. The maximum Gasteiger partial charge on any atom is 0.0252 e. The van der Waals surface area contributed by atoms with E-state index in [-0.39, 0.29) is 0 Å². The minimum absolute atomic E-state index is 0.726. The van der Waals surface area contributed by atoms with Gasteiger partial charge in [0, 0.05) is 24.7 Å². The van der Waals surface area contributed by atoms with Crippen molar-refractivity contribution in [3.8, 4) is 0 Å². The maximum absolute atomic E-state index is 3.77. The Morgan fingerprint density at radius 2 is 1.95 bits per heavy atom. The first-order chi connectivity index (χ1) is 9.65. The van der Waals surface area contributed by atoms with Gasteiger partial charge in [-0.1, -0.05) is 20.3 Å². The van der Waals surface area contributed by atoms with Crippen molar-refractivity contribution < 1.29 is 0 Å². The van der Waals surface area contributed by atoms with Gasteiger partial charge < -0.3 is 10.2 Å². The van der Waals surface area contributed by atoms with E-state index >= 15 is 0 Å². The predicted octanol–water partition coefficient (Wildman–Crippen LogP) is 2.57. The first kappa shape index (κ1) is 16.3. The molecule has 1 aliphatic carbocycles. The van der Waals surface area contributed by atoms with Crippen LogP contribution in [0.15, 0.2) is 0 Å². The highest BCUT2D eigenvalue weighted by Crippen LogP contribution is 2.32. The van der Waals surface area contributed by atoms with E-state index in [0.29, 0.717) is 0 Å². The largest absolute Gasteiger partial charge is 0.313 e. The van der Waals surface area contributed by atoms with Crippen LogP contribution in [0.2, 0.25) is 0 Å². The number of likely N-dealkylation sites (N-methyl/N-ethyl adjacent to an activating group) is 2. The Morgan fingerprint density at radius 3 is 2.60 bits per heavy atom. The smallest absolute Gasteiger partial charge is 0.0252 e. The molecule has 0 bridgehead atoms. The van der Waals surface area contributed by atoms with E-state index in [9.17, 15) is 0 Å². The average molecular weight is 281 g/mol. The molecule has 0 radical (unpaired) electrons. The molecule has 4 unspecified atom stereocenters. The molecule has 0 aromatic heterocycles. The van der Waals surface area contributed by atoms with Crippen molar-refractivity contribution in [2.75, 3.05) is 33.7 Å². The lowest BCUT2D eigenvalue weighted by Gasteiger charge is -2.47. The molecule has 1 N–H and O–H groups in total. The van der Waals surface area contributed by atoms with Crippen LogP contribution in [-0.2, 0) is 0 Å². The molecule has 1 saturated carbocycles. The normalized spacial score (nSPS) is 36.5. The molecule has 1 aliphatic heterocycles. The van der Waals surface area contributed by atoms with Crippen molar-refractivity contribution in [3.05, 3.63) is 0 Å². The van der Waals surface area contributed by atoms with Gasteiger partial charge in [0.25, 0.3) is 0 Å². The highest BCUT2D eigenvalue weighted by Gasteiger charge is 2.35. The van der Waals surface area contributed by atoms with E-state index in [1.54, 1.807) is 0 Å². The third kappa shape index (κ3) is 3.96. The summed E-state index contributed by atoms with van der Waals surface area (Å²) in [5.41, 5.74) is 0. The molecule has 4 atom stereocenters. The Labute approximate surface area is 126 Å². The molecule has 0 spiro atoms. The van der Waals surface area contributed by atoms with Crippen molar-refractivity contribution in [2.24, 2.45) is 5.92 Å². The summed E-state index contributed by atoms with van der Waals surface area (Å²) in [5.74, 6) is 0.953. The third-order valence-corrected chi connectivity index (χ3v) is 5.60. The molecule has 20 heavy (non-hydrogen) atoms. The number of nitrogens with one attached hydrogen (secondary N) is 1. The molecule has 2 aliphatic rings. The lowest BCUT2D eigenvalue weighted by molar-refractivity contribution is 0.0467. The molecule has 2 rings (SSSR count). The van der Waals surface area contributed by atoms with E-state index in [2.05, 4.69) is 43.1 Å². The van der Waals surface area contributed by atoms with Crippen molar-refractivity contribution >= 4 is 0 Å². The Morgan fingerprint density at radius 1 is 1.15 bits per heavy atom. The number of likely N-dealkylation sites (tertiary alicyclic amines) is 1. The molecule has 0 amide bonds. The summed E-state index contributed by atoms with van der Waals surface area (Å²) < 4.78 is 0. The Kier molecular flexibility index (Phi) is 6.31. The van der Waals surface area contributed by atoms with Gasteiger partial charge in [-0.15, -0.1) is 0 Å². The summed E-state index contributed by atoms with van der Waals surface area (Å²) >= 11 is 0. The fourth-order valence-electron chi connectivity index (χ4n) is 4.21. The molecule has 0 aromatic carbocycles. The molecular weight excluding hydrogens is 246 g/mol. The molecule has 1 saturated heterocycles. The topological polar surface area (TPSA) is 18.5 Å². The van der Waals surface area contributed by atoms with Crippen LogP contribution in [0.5, 0.6) is 0 Å². The first-order valence-corrected chi connectivity index (χ1v) is 8.79. The molecule has 3 nitrogen and oxygen atoms in total. The fraction of sp³-hybridized carbons (Fsp3) is 1.00. The van der Waals surface area contributed by atoms with Crippen LogP contribution in [0.4, 0.5) is 0 Å². The molecule has 2 fully saturated rings. The highest BCUT2D eigenvalue weighted by atomic mass is 15.2. The zero-order chi connectivity index (χ0) is 14.5. The van der Waals surface area contributed by atoms with Gasteiger partial charge in [-0.05, 0) is 65.2 Å². The summed E-state index contributed by atoms with van der Waals surface area (Å²) in [6, 6.07) is 2.26. The van der Waals surface area contributed by atoms with Crippen LogP contribution in [-0.4, -0.2) is 61.7 Å². The van der Waals surface area contributed by atoms with Crippen LogP contribution in [0.25, 0.3) is 0 Å². The van der Waals surface area contributed by atoms with Gasteiger partial charge in [0.15, 0.2) is 0 Å². The second-order valence-corrected chi connectivity index (χ2v) is 7.07. The maximum atomic E-state index is 3.77. The van der Waals surface area contributed by atoms with Crippen LogP contribution in [0.1, 0.15) is 52.4 Å². The van der Waals surface area contributed by atoms with Gasteiger partial charge in [0.05, 0.1) is 0 Å². The molecule has 0 aromatic rings.